The minimum atomic E-state index is -3.30. The number of nitrogens with zero attached hydrogens (tertiary/aromatic N) is 1. The summed E-state index contributed by atoms with van der Waals surface area (Å²) < 4.78 is 27.1. The molecule has 0 atom stereocenters. The van der Waals surface area contributed by atoms with E-state index in [4.69, 9.17) is 0 Å². The smallest absolute Gasteiger partial charge is 0.244 e. The van der Waals surface area contributed by atoms with E-state index in [0.29, 0.717) is 24.0 Å². The molecule has 1 aromatic rings. The summed E-state index contributed by atoms with van der Waals surface area (Å²) in [5, 5.41) is 3.59. The molecular formula is C15H25ClN2O2S2. The molecule has 22 heavy (non-hydrogen) atoms. The second-order valence-electron chi connectivity index (χ2n) is 6.31. The second-order valence-corrected chi connectivity index (χ2v) is 9.67. The van der Waals surface area contributed by atoms with E-state index in [1.165, 1.54) is 12.8 Å². The fraction of sp³-hybridized carbons (Fsp3) is 0.733. The molecule has 1 saturated heterocycles. The lowest BCUT2D eigenvalue weighted by atomic mass is 10.1. The number of piperidine rings is 1. The Hall–Kier alpha value is -0.140. The Morgan fingerprint density at radius 2 is 1.86 bits per heavy atom. The Balaban J connectivity index is 0.00000176. The van der Waals surface area contributed by atoms with Crippen molar-refractivity contribution in [2.75, 3.05) is 19.6 Å². The maximum Gasteiger partial charge on any atom is 0.244 e. The average molecular weight is 365 g/mol. The standard InChI is InChI=1S/C15H24N2O2S2.ClH/c1-11-9-15(12(2)20-11)21(18,19)17-7-5-14(6-8-17)16-10-13-3-4-13;/h9,13-14,16H,3-8,10H2,1-2H3;1H. The lowest BCUT2D eigenvalue weighted by molar-refractivity contribution is 0.288. The minimum absolute atomic E-state index is 0. The van der Waals surface area contributed by atoms with Crippen molar-refractivity contribution in [3.05, 3.63) is 15.8 Å². The zero-order valence-electron chi connectivity index (χ0n) is 13.2. The van der Waals surface area contributed by atoms with Gasteiger partial charge in [-0.25, -0.2) is 8.42 Å². The number of halogens is 1. The number of hydrogen-bond donors (Lipinski definition) is 1. The van der Waals surface area contributed by atoms with E-state index in [0.717, 1.165) is 35.1 Å². The molecule has 0 amide bonds. The largest absolute Gasteiger partial charge is 0.314 e. The molecule has 1 saturated carbocycles. The number of hydrogen-bond acceptors (Lipinski definition) is 4. The van der Waals surface area contributed by atoms with Gasteiger partial charge in [0, 0.05) is 28.9 Å². The molecule has 0 unspecified atom stereocenters. The van der Waals surface area contributed by atoms with Gasteiger partial charge in [0.25, 0.3) is 0 Å². The molecule has 126 valence electrons. The summed E-state index contributed by atoms with van der Waals surface area (Å²) in [6.07, 6.45) is 4.57. The van der Waals surface area contributed by atoms with E-state index in [9.17, 15) is 8.42 Å². The van der Waals surface area contributed by atoms with Gasteiger partial charge in [-0.3, -0.25) is 0 Å². The van der Waals surface area contributed by atoms with Gasteiger partial charge in [0.1, 0.15) is 0 Å². The molecule has 3 rings (SSSR count). The van der Waals surface area contributed by atoms with Gasteiger partial charge >= 0.3 is 0 Å². The maximum atomic E-state index is 12.7. The first-order valence-corrected chi connectivity index (χ1v) is 10.0. The number of sulfonamides is 1. The summed E-state index contributed by atoms with van der Waals surface area (Å²) in [6.45, 7) is 6.25. The van der Waals surface area contributed by atoms with E-state index in [1.54, 1.807) is 15.6 Å². The second kappa shape index (κ2) is 7.18. The molecule has 0 bridgehead atoms. The predicted molar refractivity (Wildman–Crippen MR) is 93.5 cm³/mol. The third kappa shape index (κ3) is 4.03. The number of nitrogens with one attached hydrogen (secondary N) is 1. The van der Waals surface area contributed by atoms with Crippen LogP contribution in [0.25, 0.3) is 0 Å². The van der Waals surface area contributed by atoms with Crippen molar-refractivity contribution in [3.63, 3.8) is 0 Å². The van der Waals surface area contributed by atoms with Crippen LogP contribution in [0.4, 0.5) is 0 Å². The van der Waals surface area contributed by atoms with E-state index >= 15 is 0 Å². The highest BCUT2D eigenvalue weighted by atomic mass is 35.5. The van der Waals surface area contributed by atoms with E-state index in [1.807, 2.05) is 19.9 Å². The van der Waals surface area contributed by atoms with Crippen LogP contribution in [0.15, 0.2) is 11.0 Å². The number of aryl methyl sites for hydroxylation is 2. The first kappa shape index (κ1) is 18.2. The van der Waals surface area contributed by atoms with Gasteiger partial charge < -0.3 is 5.32 Å². The molecule has 2 aliphatic rings. The molecule has 2 fully saturated rings. The van der Waals surface area contributed by atoms with Crippen molar-refractivity contribution >= 4 is 33.8 Å². The van der Waals surface area contributed by atoms with Gasteiger partial charge in [-0.2, -0.15) is 4.31 Å². The van der Waals surface area contributed by atoms with Gasteiger partial charge in [0.05, 0.1) is 4.90 Å². The quantitative estimate of drug-likeness (QED) is 0.873. The van der Waals surface area contributed by atoms with Crippen LogP contribution < -0.4 is 5.32 Å². The summed E-state index contributed by atoms with van der Waals surface area (Å²) >= 11 is 1.56. The molecule has 1 aromatic heterocycles. The molecular weight excluding hydrogens is 340 g/mol. The third-order valence-corrected chi connectivity index (χ3v) is 7.58. The van der Waals surface area contributed by atoms with E-state index in [-0.39, 0.29) is 12.4 Å². The topological polar surface area (TPSA) is 49.4 Å². The van der Waals surface area contributed by atoms with Crippen LogP contribution in [0.2, 0.25) is 0 Å². The fourth-order valence-electron chi connectivity index (χ4n) is 2.96. The van der Waals surface area contributed by atoms with Crippen molar-refractivity contribution in [1.29, 1.82) is 0 Å². The monoisotopic (exact) mass is 364 g/mol. The van der Waals surface area contributed by atoms with Crippen molar-refractivity contribution in [2.45, 2.75) is 50.5 Å². The Kier molecular flexibility index (Phi) is 5.94. The summed E-state index contributed by atoms with van der Waals surface area (Å²) in [6, 6.07) is 2.30. The van der Waals surface area contributed by atoms with Crippen molar-refractivity contribution in [3.8, 4) is 0 Å². The van der Waals surface area contributed by atoms with Crippen LogP contribution in [0, 0.1) is 19.8 Å². The van der Waals surface area contributed by atoms with Crippen molar-refractivity contribution in [1.82, 2.24) is 9.62 Å². The molecule has 7 heteroatoms. The Morgan fingerprint density at radius 1 is 1.23 bits per heavy atom. The predicted octanol–water partition coefficient (Wildman–Crippen LogP) is 2.94. The molecule has 0 radical (unpaired) electrons. The third-order valence-electron chi connectivity index (χ3n) is 4.46. The molecule has 4 nitrogen and oxygen atoms in total. The van der Waals surface area contributed by atoms with E-state index in [2.05, 4.69) is 5.32 Å². The fourth-order valence-corrected chi connectivity index (χ4v) is 5.95. The van der Waals surface area contributed by atoms with Crippen LogP contribution >= 0.6 is 23.7 Å². The van der Waals surface area contributed by atoms with Crippen LogP contribution in [0.5, 0.6) is 0 Å². The summed E-state index contributed by atoms with van der Waals surface area (Å²) in [4.78, 5) is 2.47. The SMILES string of the molecule is Cc1cc(S(=O)(=O)N2CCC(NCC3CC3)CC2)c(C)s1.Cl. The normalized spacial score (nSPS) is 20.8. The molecule has 1 aliphatic carbocycles. The highest BCUT2D eigenvalue weighted by Gasteiger charge is 2.31. The first-order valence-electron chi connectivity index (χ1n) is 7.77. The van der Waals surface area contributed by atoms with Gasteiger partial charge in [0.2, 0.25) is 10.0 Å². The minimum Gasteiger partial charge on any atom is -0.314 e. The van der Waals surface area contributed by atoms with E-state index < -0.39 is 10.0 Å². The summed E-state index contributed by atoms with van der Waals surface area (Å²) in [5.74, 6) is 0.878. The molecule has 1 N–H and O–H groups in total. The van der Waals surface area contributed by atoms with Crippen LogP contribution in [-0.2, 0) is 10.0 Å². The summed E-state index contributed by atoms with van der Waals surface area (Å²) in [7, 11) is -3.30. The average Bonchev–Trinajstić information content (AvgIpc) is 3.21. The van der Waals surface area contributed by atoms with Crippen LogP contribution in [-0.4, -0.2) is 38.4 Å². The van der Waals surface area contributed by atoms with Gasteiger partial charge in [0.15, 0.2) is 0 Å². The highest BCUT2D eigenvalue weighted by molar-refractivity contribution is 7.89. The maximum absolute atomic E-state index is 12.7. The zero-order valence-corrected chi connectivity index (χ0v) is 15.6. The van der Waals surface area contributed by atoms with Crippen molar-refractivity contribution < 1.29 is 8.42 Å². The molecule has 2 heterocycles. The number of rotatable bonds is 5. The van der Waals surface area contributed by atoms with Gasteiger partial charge in [-0.05, 0) is 58.1 Å². The van der Waals surface area contributed by atoms with Gasteiger partial charge in [-0.15, -0.1) is 23.7 Å². The Labute approximate surface area is 143 Å². The van der Waals surface area contributed by atoms with Gasteiger partial charge in [-0.1, -0.05) is 0 Å². The first-order chi connectivity index (χ1) is 9.96. The summed E-state index contributed by atoms with van der Waals surface area (Å²) in [5.41, 5.74) is 0. The number of thiophene rings is 1. The lowest BCUT2D eigenvalue weighted by Gasteiger charge is -2.31. The molecule has 0 spiro atoms. The molecule has 1 aliphatic heterocycles. The Morgan fingerprint density at radius 3 is 2.36 bits per heavy atom. The lowest BCUT2D eigenvalue weighted by Crippen LogP contribution is -2.45. The van der Waals surface area contributed by atoms with Crippen molar-refractivity contribution in [2.24, 2.45) is 5.92 Å². The zero-order chi connectivity index (χ0) is 15.0. The molecule has 0 aromatic carbocycles. The van der Waals surface area contributed by atoms with Crippen LogP contribution in [0.3, 0.4) is 0 Å². The Bertz CT molecular complexity index is 603. The van der Waals surface area contributed by atoms with Crippen LogP contribution in [0.1, 0.15) is 35.4 Å². The highest BCUT2D eigenvalue weighted by Crippen LogP contribution is 2.30.